The van der Waals surface area contributed by atoms with Gasteiger partial charge in [0.05, 0.1) is 12.2 Å². The quantitative estimate of drug-likeness (QED) is 0.766. The third kappa shape index (κ3) is 3.84. The van der Waals surface area contributed by atoms with E-state index in [0.29, 0.717) is 35.7 Å². The van der Waals surface area contributed by atoms with Gasteiger partial charge in [-0.2, -0.15) is 0 Å². The second kappa shape index (κ2) is 7.09. The fourth-order valence-electron chi connectivity index (χ4n) is 1.98. The second-order valence-corrected chi connectivity index (χ2v) is 4.90. The van der Waals surface area contributed by atoms with Gasteiger partial charge in [0.15, 0.2) is 0 Å². The summed E-state index contributed by atoms with van der Waals surface area (Å²) in [5.74, 6) is -0.603. The molecule has 2 N–H and O–H groups in total. The third-order valence-corrected chi connectivity index (χ3v) is 2.99. The van der Waals surface area contributed by atoms with Gasteiger partial charge in [0.25, 0.3) is 5.91 Å². The molecule has 0 aliphatic rings. The molecule has 0 aliphatic carbocycles. The maximum atomic E-state index is 12.2. The Labute approximate surface area is 119 Å². The minimum absolute atomic E-state index is 0.173. The number of aryl methyl sites for hydroxylation is 1. The van der Waals surface area contributed by atoms with Gasteiger partial charge in [-0.25, -0.2) is 4.79 Å². The number of ether oxygens (including phenoxy) is 1. The lowest BCUT2D eigenvalue weighted by Gasteiger charge is -2.10. The fraction of sp³-hybridized carbons (Fsp3) is 0.571. The number of H-pyrrole nitrogens is 1. The fourth-order valence-corrected chi connectivity index (χ4v) is 1.98. The lowest BCUT2D eigenvalue weighted by atomic mass is 10.1. The molecule has 0 saturated carbocycles. The molecular weight excluding hydrogens is 258 g/mol. The standard InChI is InChI=1S/C14H23N3O3/c1-6-20-14(19)12-9(2)11(10(3)16-12)13(18)15-7-8-17(4)5/h16H,6-8H2,1-5H3,(H,15,18). The van der Waals surface area contributed by atoms with Crippen molar-refractivity contribution in [3.63, 3.8) is 0 Å². The molecule has 20 heavy (non-hydrogen) atoms. The average Bonchev–Trinajstić information content (AvgIpc) is 2.64. The Morgan fingerprint density at radius 2 is 1.95 bits per heavy atom. The molecule has 6 nitrogen and oxygen atoms in total. The molecule has 112 valence electrons. The van der Waals surface area contributed by atoms with Crippen LogP contribution in [0, 0.1) is 13.8 Å². The zero-order valence-corrected chi connectivity index (χ0v) is 12.8. The van der Waals surface area contributed by atoms with Crippen LogP contribution in [0.25, 0.3) is 0 Å². The lowest BCUT2D eigenvalue weighted by Crippen LogP contribution is -2.31. The van der Waals surface area contributed by atoms with Crippen molar-refractivity contribution in [1.29, 1.82) is 0 Å². The van der Waals surface area contributed by atoms with E-state index in [9.17, 15) is 9.59 Å². The Kier molecular flexibility index (Phi) is 5.76. The largest absolute Gasteiger partial charge is 0.461 e. The maximum Gasteiger partial charge on any atom is 0.355 e. The van der Waals surface area contributed by atoms with Gasteiger partial charge >= 0.3 is 5.97 Å². The van der Waals surface area contributed by atoms with Gasteiger partial charge in [-0.3, -0.25) is 4.79 Å². The molecule has 0 spiro atoms. The van der Waals surface area contributed by atoms with Crippen molar-refractivity contribution in [1.82, 2.24) is 15.2 Å². The minimum Gasteiger partial charge on any atom is -0.461 e. The first kappa shape index (κ1) is 16.2. The molecule has 0 saturated heterocycles. The highest BCUT2D eigenvalue weighted by Crippen LogP contribution is 2.18. The van der Waals surface area contributed by atoms with Gasteiger partial charge in [-0.05, 0) is 40.4 Å². The van der Waals surface area contributed by atoms with Crippen LogP contribution < -0.4 is 5.32 Å². The SMILES string of the molecule is CCOC(=O)c1[nH]c(C)c(C(=O)NCCN(C)C)c1C. The van der Waals surface area contributed by atoms with E-state index in [4.69, 9.17) is 4.74 Å². The van der Waals surface area contributed by atoms with E-state index in [1.807, 2.05) is 19.0 Å². The predicted octanol–water partition coefficient (Wildman–Crippen LogP) is 1.10. The Bertz CT molecular complexity index is 492. The number of aromatic nitrogens is 1. The van der Waals surface area contributed by atoms with Crippen LogP contribution in [-0.4, -0.2) is 55.6 Å². The van der Waals surface area contributed by atoms with Gasteiger partial charge in [-0.1, -0.05) is 0 Å². The number of aromatic amines is 1. The number of carbonyl (C=O) groups is 2. The highest BCUT2D eigenvalue weighted by atomic mass is 16.5. The van der Waals surface area contributed by atoms with Crippen LogP contribution >= 0.6 is 0 Å². The maximum absolute atomic E-state index is 12.2. The minimum atomic E-state index is -0.430. The number of carbonyl (C=O) groups excluding carboxylic acids is 2. The molecule has 0 bridgehead atoms. The average molecular weight is 281 g/mol. The van der Waals surface area contributed by atoms with Gasteiger partial charge in [-0.15, -0.1) is 0 Å². The van der Waals surface area contributed by atoms with Crippen molar-refractivity contribution in [3.8, 4) is 0 Å². The molecule has 0 radical (unpaired) electrons. The molecule has 0 unspecified atom stereocenters. The Hall–Kier alpha value is -1.82. The summed E-state index contributed by atoms with van der Waals surface area (Å²) in [6, 6.07) is 0. The first-order valence-corrected chi connectivity index (χ1v) is 6.67. The molecule has 1 aromatic heterocycles. The van der Waals surface area contributed by atoms with Crippen LogP contribution in [0.3, 0.4) is 0 Å². The van der Waals surface area contributed by atoms with Crippen LogP contribution in [-0.2, 0) is 4.74 Å². The molecule has 0 fully saturated rings. The smallest absolute Gasteiger partial charge is 0.355 e. The van der Waals surface area contributed by atoms with Crippen LogP contribution in [0.4, 0.5) is 0 Å². The number of esters is 1. The van der Waals surface area contributed by atoms with Crippen molar-refractivity contribution >= 4 is 11.9 Å². The first-order chi connectivity index (χ1) is 9.38. The molecule has 0 atom stereocenters. The zero-order valence-electron chi connectivity index (χ0n) is 12.8. The molecule has 0 aromatic carbocycles. The van der Waals surface area contributed by atoms with E-state index < -0.39 is 5.97 Å². The second-order valence-electron chi connectivity index (χ2n) is 4.90. The highest BCUT2D eigenvalue weighted by Gasteiger charge is 2.22. The van der Waals surface area contributed by atoms with Crippen LogP contribution in [0.15, 0.2) is 0 Å². The van der Waals surface area contributed by atoms with E-state index in [-0.39, 0.29) is 5.91 Å². The Morgan fingerprint density at radius 3 is 2.50 bits per heavy atom. The summed E-state index contributed by atoms with van der Waals surface area (Å²) in [6.07, 6.45) is 0. The molecule has 1 aromatic rings. The van der Waals surface area contributed by atoms with Crippen molar-refractivity contribution in [2.75, 3.05) is 33.8 Å². The molecule has 1 amide bonds. The summed E-state index contributed by atoms with van der Waals surface area (Å²) in [4.78, 5) is 28.8. The predicted molar refractivity (Wildman–Crippen MR) is 77.1 cm³/mol. The van der Waals surface area contributed by atoms with Crippen molar-refractivity contribution < 1.29 is 14.3 Å². The van der Waals surface area contributed by atoms with Gasteiger partial charge in [0, 0.05) is 18.8 Å². The molecule has 1 rings (SSSR count). The van der Waals surface area contributed by atoms with Crippen LogP contribution in [0.5, 0.6) is 0 Å². The summed E-state index contributed by atoms with van der Waals surface area (Å²) < 4.78 is 4.96. The summed E-state index contributed by atoms with van der Waals surface area (Å²) in [5.41, 5.74) is 2.17. The lowest BCUT2D eigenvalue weighted by molar-refractivity contribution is 0.0519. The number of nitrogens with zero attached hydrogens (tertiary/aromatic N) is 1. The Morgan fingerprint density at radius 1 is 1.30 bits per heavy atom. The summed E-state index contributed by atoms with van der Waals surface area (Å²) in [6.45, 7) is 6.90. The molecule has 6 heteroatoms. The monoisotopic (exact) mass is 281 g/mol. The topological polar surface area (TPSA) is 74.4 Å². The normalized spacial score (nSPS) is 10.7. The highest BCUT2D eigenvalue weighted by molar-refractivity contribution is 6.01. The number of hydrogen-bond acceptors (Lipinski definition) is 4. The number of nitrogens with one attached hydrogen (secondary N) is 2. The molecule has 1 heterocycles. The van der Waals surface area contributed by atoms with Crippen molar-refractivity contribution in [2.45, 2.75) is 20.8 Å². The van der Waals surface area contributed by atoms with E-state index in [1.54, 1.807) is 20.8 Å². The van der Waals surface area contributed by atoms with Gasteiger partial charge < -0.3 is 19.9 Å². The molecule has 0 aliphatic heterocycles. The first-order valence-electron chi connectivity index (χ1n) is 6.67. The van der Waals surface area contributed by atoms with E-state index >= 15 is 0 Å². The number of likely N-dealkylation sites (N-methyl/N-ethyl adjacent to an activating group) is 1. The number of rotatable bonds is 6. The Balaban J connectivity index is 2.85. The molecular formula is C14H23N3O3. The van der Waals surface area contributed by atoms with Crippen molar-refractivity contribution in [3.05, 3.63) is 22.5 Å². The third-order valence-electron chi connectivity index (χ3n) is 2.99. The van der Waals surface area contributed by atoms with Crippen LogP contribution in [0.1, 0.15) is 39.0 Å². The number of amides is 1. The van der Waals surface area contributed by atoms with E-state index in [0.717, 1.165) is 6.54 Å². The summed E-state index contributed by atoms with van der Waals surface area (Å²) in [7, 11) is 3.88. The summed E-state index contributed by atoms with van der Waals surface area (Å²) >= 11 is 0. The van der Waals surface area contributed by atoms with Gasteiger partial charge in [0.2, 0.25) is 0 Å². The number of hydrogen-bond donors (Lipinski definition) is 2. The van der Waals surface area contributed by atoms with E-state index in [2.05, 4.69) is 10.3 Å². The zero-order chi connectivity index (χ0) is 15.3. The summed E-state index contributed by atoms with van der Waals surface area (Å²) in [5, 5.41) is 2.84. The van der Waals surface area contributed by atoms with Gasteiger partial charge in [0.1, 0.15) is 5.69 Å². The van der Waals surface area contributed by atoms with Crippen molar-refractivity contribution in [2.24, 2.45) is 0 Å². The van der Waals surface area contributed by atoms with Crippen LogP contribution in [0.2, 0.25) is 0 Å². The van der Waals surface area contributed by atoms with E-state index in [1.165, 1.54) is 0 Å².